The molecule has 1 aliphatic heterocycles. The van der Waals surface area contributed by atoms with Crippen molar-refractivity contribution in [3.8, 4) is 16.9 Å². The number of benzene rings is 3. The average molecular weight is 522 g/mol. The molecule has 0 spiro atoms. The van der Waals surface area contributed by atoms with Crippen LogP contribution >= 0.6 is 0 Å². The molecule has 3 aromatic carbocycles. The molecule has 200 valence electrons. The summed E-state index contributed by atoms with van der Waals surface area (Å²) in [5, 5.41) is 39.4. The van der Waals surface area contributed by atoms with Gasteiger partial charge in [-0.3, -0.25) is 4.79 Å². The molecule has 1 unspecified atom stereocenters. The van der Waals surface area contributed by atoms with Crippen LogP contribution in [-0.2, 0) is 11.3 Å². The number of aliphatic hydroxyl groups excluding tert-OH is 3. The van der Waals surface area contributed by atoms with E-state index in [1.54, 1.807) is 37.4 Å². The van der Waals surface area contributed by atoms with Gasteiger partial charge in [0, 0.05) is 18.7 Å². The molecule has 10 heteroatoms. The first-order valence-corrected chi connectivity index (χ1v) is 12.2. The van der Waals surface area contributed by atoms with Crippen LogP contribution < -0.4 is 20.7 Å². The van der Waals surface area contributed by atoms with Gasteiger partial charge in [-0.15, -0.1) is 0 Å². The predicted molar refractivity (Wildman–Crippen MR) is 139 cm³/mol. The minimum absolute atomic E-state index is 0.177. The summed E-state index contributed by atoms with van der Waals surface area (Å²) in [5.74, 6) is 0.158. The summed E-state index contributed by atoms with van der Waals surface area (Å²) in [6, 6.07) is 21.8. The van der Waals surface area contributed by atoms with Gasteiger partial charge < -0.3 is 40.7 Å². The lowest BCUT2D eigenvalue weighted by Crippen LogP contribution is -2.65. The van der Waals surface area contributed by atoms with Crippen molar-refractivity contribution in [3.05, 3.63) is 90.0 Å². The van der Waals surface area contributed by atoms with Crippen LogP contribution in [0.1, 0.15) is 15.9 Å². The van der Waals surface area contributed by atoms with Gasteiger partial charge in [-0.2, -0.15) is 0 Å². The third kappa shape index (κ3) is 6.67. The molecule has 1 aliphatic rings. The fraction of sp³-hybridized carbons (Fsp3) is 0.286. The van der Waals surface area contributed by atoms with Gasteiger partial charge in [0.15, 0.2) is 6.29 Å². The van der Waals surface area contributed by atoms with Gasteiger partial charge in [-0.1, -0.05) is 54.6 Å². The molecule has 5 atom stereocenters. The maximum atomic E-state index is 12.9. The van der Waals surface area contributed by atoms with Crippen LogP contribution in [0.5, 0.6) is 5.75 Å². The highest BCUT2D eigenvalue weighted by Crippen LogP contribution is 2.22. The second-order valence-electron chi connectivity index (χ2n) is 8.90. The first-order chi connectivity index (χ1) is 18.4. The molecule has 3 amide bonds. The van der Waals surface area contributed by atoms with E-state index in [-0.39, 0.29) is 13.1 Å². The van der Waals surface area contributed by atoms with E-state index in [0.717, 1.165) is 16.7 Å². The Morgan fingerprint density at radius 2 is 1.58 bits per heavy atom. The van der Waals surface area contributed by atoms with E-state index in [0.29, 0.717) is 11.3 Å². The molecular formula is C28H31N3O7. The number of hydrogen-bond donors (Lipinski definition) is 6. The number of carbonyl (C=O) groups is 2. The maximum absolute atomic E-state index is 12.9. The summed E-state index contributed by atoms with van der Waals surface area (Å²) in [6.45, 7) is 0.0816. The highest BCUT2D eigenvalue weighted by atomic mass is 16.6. The predicted octanol–water partition coefficient (Wildman–Crippen LogP) is 1.40. The molecular weight excluding hydrogens is 490 g/mol. The Hall–Kier alpha value is -3.96. The van der Waals surface area contributed by atoms with E-state index >= 15 is 0 Å². The number of carbonyl (C=O) groups excluding carboxylic acids is 2. The second-order valence-corrected chi connectivity index (χ2v) is 8.90. The van der Waals surface area contributed by atoms with Crippen molar-refractivity contribution in [2.24, 2.45) is 0 Å². The standard InChI is InChI=1S/C28H31N3O7/c1-37-21-12-10-17(11-13-21)15-29-28(36)30-16-22-24(32)25(33)23(27(35)38-22)31-26(34)20-9-5-8-19(14-20)18-6-3-2-4-7-18/h2-14,22-25,27,32-33,35H,15-16H2,1H3,(H,31,34)(H2,29,30,36)/t22-,23-,24-,25-,27?/m1/s1. The number of urea groups is 1. The molecule has 6 N–H and O–H groups in total. The van der Waals surface area contributed by atoms with Gasteiger partial charge in [-0.05, 0) is 41.0 Å². The minimum Gasteiger partial charge on any atom is -0.497 e. The van der Waals surface area contributed by atoms with Crippen molar-refractivity contribution in [2.45, 2.75) is 37.2 Å². The van der Waals surface area contributed by atoms with Crippen LogP contribution in [0, 0.1) is 0 Å². The van der Waals surface area contributed by atoms with Crippen LogP contribution in [-0.4, -0.2) is 71.6 Å². The lowest BCUT2D eigenvalue weighted by molar-refractivity contribution is -0.243. The van der Waals surface area contributed by atoms with E-state index in [2.05, 4.69) is 16.0 Å². The van der Waals surface area contributed by atoms with Crippen molar-refractivity contribution in [1.29, 1.82) is 0 Å². The highest BCUT2D eigenvalue weighted by molar-refractivity contribution is 5.95. The van der Waals surface area contributed by atoms with Crippen molar-refractivity contribution >= 4 is 11.9 Å². The largest absolute Gasteiger partial charge is 0.497 e. The van der Waals surface area contributed by atoms with E-state index in [4.69, 9.17) is 9.47 Å². The Kier molecular flexibility index (Phi) is 8.93. The molecule has 4 rings (SSSR count). The fourth-order valence-corrected chi connectivity index (χ4v) is 4.16. The van der Waals surface area contributed by atoms with Crippen LogP contribution in [0.4, 0.5) is 4.79 Å². The van der Waals surface area contributed by atoms with Crippen molar-refractivity contribution < 1.29 is 34.4 Å². The monoisotopic (exact) mass is 521 g/mol. The number of methoxy groups -OCH3 is 1. The summed E-state index contributed by atoms with van der Waals surface area (Å²) in [7, 11) is 1.57. The molecule has 1 heterocycles. The number of rotatable bonds is 8. The molecule has 1 fully saturated rings. The molecule has 10 nitrogen and oxygen atoms in total. The first kappa shape index (κ1) is 27.1. The second kappa shape index (κ2) is 12.5. The number of aliphatic hydroxyl groups is 3. The Balaban J connectivity index is 1.29. The summed E-state index contributed by atoms with van der Waals surface area (Å²) in [5.41, 5.74) is 2.93. The van der Waals surface area contributed by atoms with Gasteiger partial charge in [0.1, 0.15) is 30.1 Å². The zero-order chi connectivity index (χ0) is 27.1. The average Bonchev–Trinajstić information content (AvgIpc) is 2.96. The Labute approximate surface area is 220 Å². The van der Waals surface area contributed by atoms with Gasteiger partial charge in [0.05, 0.1) is 7.11 Å². The highest BCUT2D eigenvalue weighted by Gasteiger charge is 2.44. The minimum atomic E-state index is -1.61. The number of amides is 3. The zero-order valence-electron chi connectivity index (χ0n) is 20.8. The van der Waals surface area contributed by atoms with Gasteiger partial charge >= 0.3 is 6.03 Å². The van der Waals surface area contributed by atoms with Gasteiger partial charge in [0.2, 0.25) is 0 Å². The quantitative estimate of drug-likeness (QED) is 0.262. The van der Waals surface area contributed by atoms with Crippen LogP contribution in [0.25, 0.3) is 11.1 Å². The zero-order valence-corrected chi connectivity index (χ0v) is 20.8. The molecule has 0 bridgehead atoms. The number of hydrogen-bond acceptors (Lipinski definition) is 7. The lowest BCUT2D eigenvalue weighted by Gasteiger charge is -2.41. The normalized spacial score (nSPS) is 22.8. The van der Waals surface area contributed by atoms with Crippen LogP contribution in [0.15, 0.2) is 78.9 Å². The SMILES string of the molecule is COc1ccc(CNC(=O)NC[C@H]2OC(O)[C@H](NC(=O)c3cccc(-c4ccccc4)c3)[C@@H](O)[C@@H]2O)cc1. The summed E-state index contributed by atoms with van der Waals surface area (Å²) in [6.07, 6.45) is -5.71. The van der Waals surface area contributed by atoms with E-state index in [1.807, 2.05) is 48.5 Å². The molecule has 0 radical (unpaired) electrons. The van der Waals surface area contributed by atoms with Crippen molar-refractivity contribution in [3.63, 3.8) is 0 Å². The van der Waals surface area contributed by atoms with E-state index in [1.165, 1.54) is 0 Å². The molecule has 0 aromatic heterocycles. The maximum Gasteiger partial charge on any atom is 0.315 e. The molecule has 0 aliphatic carbocycles. The molecule has 3 aromatic rings. The Bertz CT molecular complexity index is 1220. The van der Waals surface area contributed by atoms with E-state index in [9.17, 15) is 24.9 Å². The van der Waals surface area contributed by atoms with Crippen LogP contribution in [0.2, 0.25) is 0 Å². The Morgan fingerprint density at radius 3 is 2.29 bits per heavy atom. The van der Waals surface area contributed by atoms with Gasteiger partial charge in [-0.25, -0.2) is 4.79 Å². The van der Waals surface area contributed by atoms with E-state index < -0.39 is 42.6 Å². The summed E-state index contributed by atoms with van der Waals surface area (Å²) >= 11 is 0. The number of ether oxygens (including phenoxy) is 2. The summed E-state index contributed by atoms with van der Waals surface area (Å²) < 4.78 is 10.5. The number of nitrogens with one attached hydrogen (secondary N) is 3. The van der Waals surface area contributed by atoms with Crippen molar-refractivity contribution in [2.75, 3.05) is 13.7 Å². The summed E-state index contributed by atoms with van der Waals surface area (Å²) in [4.78, 5) is 25.1. The lowest BCUT2D eigenvalue weighted by atomic mass is 9.96. The third-order valence-electron chi connectivity index (χ3n) is 6.33. The van der Waals surface area contributed by atoms with Gasteiger partial charge in [0.25, 0.3) is 5.91 Å². The third-order valence-corrected chi connectivity index (χ3v) is 6.33. The Morgan fingerprint density at radius 1 is 0.868 bits per heavy atom. The molecule has 0 saturated carbocycles. The topological polar surface area (TPSA) is 149 Å². The smallest absolute Gasteiger partial charge is 0.315 e. The molecule has 38 heavy (non-hydrogen) atoms. The van der Waals surface area contributed by atoms with Crippen LogP contribution in [0.3, 0.4) is 0 Å². The van der Waals surface area contributed by atoms with Crippen molar-refractivity contribution in [1.82, 2.24) is 16.0 Å². The first-order valence-electron chi connectivity index (χ1n) is 12.2. The molecule has 1 saturated heterocycles. The fourth-order valence-electron chi connectivity index (χ4n) is 4.16.